The van der Waals surface area contributed by atoms with Gasteiger partial charge in [-0.05, 0) is 67.0 Å². The van der Waals surface area contributed by atoms with Crippen molar-refractivity contribution < 1.29 is 9.47 Å². The van der Waals surface area contributed by atoms with Gasteiger partial charge in [-0.3, -0.25) is 0 Å². The second kappa shape index (κ2) is 8.53. The highest BCUT2D eigenvalue weighted by Crippen LogP contribution is 2.51. The molecule has 0 saturated heterocycles. The zero-order valence-electron chi connectivity index (χ0n) is 19.0. The summed E-state index contributed by atoms with van der Waals surface area (Å²) in [5.41, 5.74) is 4.53. The van der Waals surface area contributed by atoms with Crippen LogP contribution >= 0.6 is 0 Å². The zero-order chi connectivity index (χ0) is 22.1. The molecule has 2 aromatic heterocycles. The van der Waals surface area contributed by atoms with Crippen LogP contribution in [0.1, 0.15) is 59.7 Å². The summed E-state index contributed by atoms with van der Waals surface area (Å²) in [5.74, 6) is 5.12. The predicted molar refractivity (Wildman–Crippen MR) is 122 cm³/mol. The number of aromatic nitrogens is 4. The first-order valence-corrected chi connectivity index (χ1v) is 10.8. The minimum absolute atomic E-state index is 0.581. The molecule has 2 heterocycles. The van der Waals surface area contributed by atoms with Gasteiger partial charge in [0.15, 0.2) is 17.3 Å². The Bertz CT molecular complexity index is 1120. The molecule has 0 radical (unpaired) electrons. The Labute approximate surface area is 184 Å². The van der Waals surface area contributed by atoms with E-state index in [0.717, 1.165) is 40.2 Å². The summed E-state index contributed by atoms with van der Waals surface area (Å²) < 4.78 is 12.7. The minimum atomic E-state index is 0.581. The highest BCUT2D eigenvalue weighted by Gasteiger charge is 2.38. The molecule has 3 aromatic rings. The molecule has 2 unspecified atom stereocenters. The van der Waals surface area contributed by atoms with Crippen molar-refractivity contribution >= 4 is 6.08 Å². The summed E-state index contributed by atoms with van der Waals surface area (Å²) in [6.45, 7) is 10.2. The summed E-state index contributed by atoms with van der Waals surface area (Å²) in [5, 5.41) is 4.67. The van der Waals surface area contributed by atoms with Crippen LogP contribution in [-0.2, 0) is 6.42 Å². The topological polar surface area (TPSA) is 62.1 Å². The molecule has 1 aliphatic carbocycles. The second-order valence-corrected chi connectivity index (χ2v) is 8.14. The van der Waals surface area contributed by atoms with Crippen LogP contribution in [0.3, 0.4) is 0 Å². The first-order valence-electron chi connectivity index (χ1n) is 10.8. The Kier molecular flexibility index (Phi) is 5.81. The quantitative estimate of drug-likeness (QED) is 0.513. The van der Waals surface area contributed by atoms with Crippen molar-refractivity contribution in [2.75, 3.05) is 14.2 Å². The Morgan fingerprint density at radius 2 is 1.90 bits per heavy atom. The summed E-state index contributed by atoms with van der Waals surface area (Å²) in [6, 6.07) is 8.10. The Balaban J connectivity index is 1.73. The van der Waals surface area contributed by atoms with Crippen molar-refractivity contribution in [1.29, 1.82) is 0 Å². The maximum atomic E-state index is 5.46. The monoisotopic (exact) mass is 418 g/mol. The van der Waals surface area contributed by atoms with Gasteiger partial charge < -0.3 is 9.47 Å². The van der Waals surface area contributed by atoms with E-state index < -0.39 is 0 Å². The van der Waals surface area contributed by atoms with Gasteiger partial charge in [-0.1, -0.05) is 32.1 Å². The standard InChI is InChI=1S/C25H30N4O2/c1-7-18-13-20(18)21-14-25(26-15(3)19(21)8-2)29-24(27-16(4)28-29)12-17-9-10-22(30-5)23(11-17)31-6/h8-11,14,18,20H,2,7,12-13H2,1,3-6H3. The van der Waals surface area contributed by atoms with Gasteiger partial charge in [-0.15, -0.1) is 5.10 Å². The van der Waals surface area contributed by atoms with Crippen LogP contribution in [0.15, 0.2) is 30.8 Å². The molecule has 0 bridgehead atoms. The van der Waals surface area contributed by atoms with E-state index in [1.807, 2.05) is 42.8 Å². The van der Waals surface area contributed by atoms with Gasteiger partial charge in [0.05, 0.1) is 14.2 Å². The molecular formula is C25H30N4O2. The Hall–Kier alpha value is -3.15. The number of rotatable bonds is 8. The molecule has 0 N–H and O–H groups in total. The Morgan fingerprint density at radius 3 is 2.55 bits per heavy atom. The van der Waals surface area contributed by atoms with Crippen LogP contribution in [0.25, 0.3) is 11.9 Å². The number of nitrogens with zero attached hydrogens (tertiary/aromatic N) is 4. The number of hydrogen-bond donors (Lipinski definition) is 0. The summed E-state index contributed by atoms with van der Waals surface area (Å²) >= 11 is 0. The van der Waals surface area contributed by atoms with Crippen molar-refractivity contribution in [3.8, 4) is 17.3 Å². The van der Waals surface area contributed by atoms with E-state index in [4.69, 9.17) is 19.4 Å². The van der Waals surface area contributed by atoms with E-state index in [1.165, 1.54) is 18.4 Å². The fraction of sp³-hybridized carbons (Fsp3) is 0.400. The molecule has 1 saturated carbocycles. The first kappa shape index (κ1) is 21.1. The van der Waals surface area contributed by atoms with Crippen molar-refractivity contribution in [2.24, 2.45) is 5.92 Å². The molecule has 4 rings (SSSR count). The molecule has 1 aliphatic rings. The molecule has 6 heteroatoms. The normalized spacial score (nSPS) is 17.5. The van der Waals surface area contributed by atoms with Gasteiger partial charge in [0.1, 0.15) is 11.6 Å². The third kappa shape index (κ3) is 4.07. The number of hydrogen-bond acceptors (Lipinski definition) is 5. The molecule has 1 fully saturated rings. The lowest BCUT2D eigenvalue weighted by Crippen LogP contribution is -2.09. The van der Waals surface area contributed by atoms with E-state index >= 15 is 0 Å². The van der Waals surface area contributed by atoms with Gasteiger partial charge >= 0.3 is 0 Å². The summed E-state index contributed by atoms with van der Waals surface area (Å²) in [4.78, 5) is 9.55. The smallest absolute Gasteiger partial charge is 0.161 e. The fourth-order valence-corrected chi connectivity index (χ4v) is 4.38. The largest absolute Gasteiger partial charge is 0.493 e. The maximum absolute atomic E-state index is 5.46. The van der Waals surface area contributed by atoms with Gasteiger partial charge in [0, 0.05) is 12.1 Å². The molecule has 1 aromatic carbocycles. The van der Waals surface area contributed by atoms with E-state index in [2.05, 4.69) is 24.7 Å². The zero-order valence-corrected chi connectivity index (χ0v) is 19.0. The molecule has 0 spiro atoms. The molecule has 6 nitrogen and oxygen atoms in total. The van der Waals surface area contributed by atoms with E-state index in [9.17, 15) is 0 Å². The van der Waals surface area contributed by atoms with Gasteiger partial charge in [-0.25, -0.2) is 9.97 Å². The van der Waals surface area contributed by atoms with Gasteiger partial charge in [0.2, 0.25) is 0 Å². The van der Waals surface area contributed by atoms with Crippen LogP contribution in [0, 0.1) is 19.8 Å². The molecular weight excluding hydrogens is 388 g/mol. The summed E-state index contributed by atoms with van der Waals surface area (Å²) in [7, 11) is 3.28. The van der Waals surface area contributed by atoms with Crippen LogP contribution in [0.5, 0.6) is 11.5 Å². The van der Waals surface area contributed by atoms with Crippen LogP contribution < -0.4 is 9.47 Å². The molecule has 0 aliphatic heterocycles. The molecule has 31 heavy (non-hydrogen) atoms. The lowest BCUT2D eigenvalue weighted by molar-refractivity contribution is 0.354. The average molecular weight is 419 g/mol. The lowest BCUT2D eigenvalue weighted by Gasteiger charge is -2.13. The molecule has 162 valence electrons. The number of pyridine rings is 1. The highest BCUT2D eigenvalue weighted by molar-refractivity contribution is 5.58. The van der Waals surface area contributed by atoms with E-state index in [1.54, 1.807) is 14.2 Å². The third-order valence-corrected chi connectivity index (χ3v) is 6.13. The van der Waals surface area contributed by atoms with Crippen molar-refractivity contribution in [1.82, 2.24) is 19.7 Å². The average Bonchev–Trinajstić information content (AvgIpc) is 3.47. The SMILES string of the molecule is C=Cc1c(C2CC2CC)cc(-n2nc(C)nc2Cc2ccc(OC)c(OC)c2)nc1C. The third-order valence-electron chi connectivity index (χ3n) is 6.13. The van der Waals surface area contributed by atoms with Crippen molar-refractivity contribution in [2.45, 2.75) is 46.0 Å². The van der Waals surface area contributed by atoms with E-state index in [-0.39, 0.29) is 0 Å². The van der Waals surface area contributed by atoms with Gasteiger partial charge in [-0.2, -0.15) is 4.68 Å². The van der Waals surface area contributed by atoms with Crippen LogP contribution in [-0.4, -0.2) is 34.0 Å². The van der Waals surface area contributed by atoms with Gasteiger partial charge in [0.25, 0.3) is 0 Å². The van der Waals surface area contributed by atoms with Crippen molar-refractivity contribution in [3.63, 3.8) is 0 Å². The maximum Gasteiger partial charge on any atom is 0.161 e. The predicted octanol–water partition coefficient (Wildman–Crippen LogP) is 5.04. The minimum Gasteiger partial charge on any atom is -0.493 e. The Morgan fingerprint density at radius 1 is 1.13 bits per heavy atom. The van der Waals surface area contributed by atoms with E-state index in [0.29, 0.717) is 23.8 Å². The van der Waals surface area contributed by atoms with Crippen molar-refractivity contribution in [3.05, 3.63) is 64.9 Å². The molecule has 0 amide bonds. The lowest BCUT2D eigenvalue weighted by atomic mass is 10.0. The first-order chi connectivity index (χ1) is 15.0. The fourth-order valence-electron chi connectivity index (χ4n) is 4.38. The number of methoxy groups -OCH3 is 2. The summed E-state index contributed by atoms with van der Waals surface area (Å²) in [6.07, 6.45) is 4.98. The molecule has 2 atom stereocenters. The number of ether oxygens (including phenoxy) is 2. The number of aryl methyl sites for hydroxylation is 2. The highest BCUT2D eigenvalue weighted by atomic mass is 16.5. The van der Waals surface area contributed by atoms with Crippen LogP contribution in [0.4, 0.5) is 0 Å². The second-order valence-electron chi connectivity index (χ2n) is 8.14. The number of benzene rings is 1. The van der Waals surface area contributed by atoms with Crippen LogP contribution in [0.2, 0.25) is 0 Å².